The molecule has 0 aliphatic rings. The number of nitrogens with zero attached hydrogens (tertiary/aromatic N) is 1. The number of pyridine rings is 1. The van der Waals surface area contributed by atoms with Gasteiger partial charge in [-0.1, -0.05) is 129 Å². The van der Waals surface area contributed by atoms with E-state index in [1.165, 1.54) is 33.3 Å². The van der Waals surface area contributed by atoms with E-state index >= 15 is 0 Å². The number of aromatic nitrogens is 1. The first-order valence-electron chi connectivity index (χ1n) is 16.6. The molecule has 1 radical (unpaired) electrons. The van der Waals surface area contributed by atoms with Crippen LogP contribution in [0.3, 0.4) is 0 Å². The molecule has 0 aliphatic heterocycles. The minimum Gasteiger partial charge on any atom is -0.512 e. The van der Waals surface area contributed by atoms with Crippen LogP contribution in [0.5, 0.6) is 0 Å². The molecule has 1 N–H and O–H groups in total. The number of carbonyl (C=O) groups excluding carboxylic acids is 1. The number of ketones is 1. The maximum absolute atomic E-state index is 12.2. The van der Waals surface area contributed by atoms with Crippen molar-refractivity contribution in [1.82, 2.24) is 4.98 Å². The summed E-state index contributed by atoms with van der Waals surface area (Å²) in [6.07, 6.45) is 4.75. The molecule has 0 bridgehead atoms. The van der Waals surface area contributed by atoms with Crippen molar-refractivity contribution in [2.45, 2.75) is 101 Å². The molecule has 1 aromatic heterocycles. The molecule has 0 saturated heterocycles. The van der Waals surface area contributed by atoms with Crippen molar-refractivity contribution in [2.24, 2.45) is 10.8 Å². The topological polar surface area (TPSA) is 50.2 Å². The Bertz CT molecular complexity index is 1620. The molecule has 46 heavy (non-hydrogen) atoms. The second kappa shape index (κ2) is 16.3. The fraction of sp³-hybridized carbons (Fsp3) is 0.415. The molecule has 0 spiro atoms. The number of carbonyl (C=O) groups is 1. The molecular weight excluding hydrogens is 759 g/mol. The summed E-state index contributed by atoms with van der Waals surface area (Å²) in [4.78, 5) is 17.2. The minimum atomic E-state index is -1.40. The van der Waals surface area contributed by atoms with Crippen molar-refractivity contribution in [3.05, 3.63) is 95.8 Å². The summed E-state index contributed by atoms with van der Waals surface area (Å²) >= 11 is 0. The van der Waals surface area contributed by atoms with Crippen molar-refractivity contribution in [3.8, 4) is 22.4 Å². The Hall–Kier alpha value is -2.85. The van der Waals surface area contributed by atoms with Crippen molar-refractivity contribution < 1.29 is 30.0 Å². The maximum atomic E-state index is 12.2. The van der Waals surface area contributed by atoms with E-state index < -0.39 is 8.07 Å². The molecule has 0 fully saturated rings. The van der Waals surface area contributed by atoms with Crippen molar-refractivity contribution >= 4 is 29.9 Å². The number of rotatable bonds is 10. The summed E-state index contributed by atoms with van der Waals surface area (Å²) in [6.45, 7) is 23.5. The zero-order chi connectivity index (χ0) is 33.6. The van der Waals surface area contributed by atoms with Crippen LogP contribution in [0.25, 0.3) is 33.3 Å². The summed E-state index contributed by atoms with van der Waals surface area (Å²) in [6, 6.07) is 27.5. The second-order valence-electron chi connectivity index (χ2n) is 14.1. The number of hydrogen-bond acceptors (Lipinski definition) is 3. The van der Waals surface area contributed by atoms with Gasteiger partial charge in [-0.3, -0.25) is 9.78 Å². The van der Waals surface area contributed by atoms with Gasteiger partial charge in [-0.2, -0.15) is 0 Å². The van der Waals surface area contributed by atoms with E-state index in [0.717, 1.165) is 48.0 Å². The zero-order valence-electron chi connectivity index (χ0n) is 29.9. The molecule has 0 unspecified atom stereocenters. The fourth-order valence-electron chi connectivity index (χ4n) is 5.40. The summed E-state index contributed by atoms with van der Waals surface area (Å²) in [5.41, 5.74) is 7.35. The molecule has 4 rings (SSSR count). The monoisotopic (exact) mass is 813 g/mol. The van der Waals surface area contributed by atoms with Crippen LogP contribution in [0, 0.1) is 30.7 Å². The normalized spacial score (nSPS) is 12.3. The van der Waals surface area contributed by atoms with E-state index in [9.17, 15) is 9.90 Å². The number of allylic oxidation sites excluding steroid dienone is 2. The number of aliphatic hydroxyl groups excluding tert-OH is 1. The molecule has 4 aromatic rings. The first kappa shape index (κ1) is 39.3. The first-order chi connectivity index (χ1) is 21.1. The molecule has 249 valence electrons. The fourth-order valence-corrected chi connectivity index (χ4v) is 6.56. The Morgan fingerprint density at radius 3 is 1.96 bits per heavy atom. The van der Waals surface area contributed by atoms with Gasteiger partial charge in [0.2, 0.25) is 0 Å². The smallest absolute Gasteiger partial charge is 0.164 e. The van der Waals surface area contributed by atoms with Crippen molar-refractivity contribution in [1.29, 1.82) is 0 Å². The van der Waals surface area contributed by atoms with Gasteiger partial charge < -0.3 is 5.11 Å². The molecule has 0 aliphatic carbocycles. The van der Waals surface area contributed by atoms with Crippen LogP contribution in [-0.4, -0.2) is 23.9 Å². The minimum absolute atomic E-state index is 0. The molecule has 0 amide bonds. The second-order valence-corrected chi connectivity index (χ2v) is 19.2. The van der Waals surface area contributed by atoms with Gasteiger partial charge in [0.25, 0.3) is 0 Å². The average Bonchev–Trinajstić information content (AvgIpc) is 3.02. The van der Waals surface area contributed by atoms with Crippen molar-refractivity contribution in [3.63, 3.8) is 0 Å². The summed E-state index contributed by atoms with van der Waals surface area (Å²) < 4.78 is 0. The Kier molecular flexibility index (Phi) is 13.9. The van der Waals surface area contributed by atoms with Gasteiger partial charge in [0.15, 0.2) is 5.78 Å². The van der Waals surface area contributed by atoms with Crippen LogP contribution >= 0.6 is 0 Å². The van der Waals surface area contributed by atoms with E-state index in [4.69, 9.17) is 4.98 Å². The summed E-state index contributed by atoms with van der Waals surface area (Å²) in [5.74, 6) is 0.286. The largest absolute Gasteiger partial charge is 0.512 e. The van der Waals surface area contributed by atoms with Crippen LogP contribution in [0.1, 0.15) is 78.4 Å². The molecule has 0 atom stereocenters. The number of hydrogen-bond donors (Lipinski definition) is 1. The molecular formula is C41H54IrNO2Si-. The van der Waals surface area contributed by atoms with E-state index in [-0.39, 0.29) is 42.5 Å². The van der Waals surface area contributed by atoms with Gasteiger partial charge in [0.05, 0.1) is 13.6 Å². The van der Waals surface area contributed by atoms with Gasteiger partial charge in [-0.05, 0) is 48.6 Å². The number of fused-ring (bicyclic) bond motifs is 1. The standard InChI is InChI=1S/C26H26NSi.C15H28O2.Ir/c1-18-13-19(2)15-21(14-18)26-17-23(20-9-7-6-8-10-20)24-16-22(28(3,4)5)11-12-25(24)27-26;1-7-14(5,8-2)12(16)11-13(17)15(6,9-3)10-4;/h6-14,16-17H,1-5H3;11,16H,7-10H2,1-6H3;/q-1;;/b;12-11-;. The van der Waals surface area contributed by atoms with Crippen molar-refractivity contribution in [2.75, 3.05) is 0 Å². The van der Waals surface area contributed by atoms with Gasteiger partial charge >= 0.3 is 0 Å². The van der Waals surface area contributed by atoms with Crippen LogP contribution in [-0.2, 0) is 24.9 Å². The van der Waals surface area contributed by atoms with E-state index in [1.54, 1.807) is 0 Å². The van der Waals surface area contributed by atoms with Gasteiger partial charge in [-0.15, -0.1) is 34.9 Å². The Balaban J connectivity index is 0.000000356. The van der Waals surface area contributed by atoms with Gasteiger partial charge in [0, 0.05) is 42.4 Å². The van der Waals surface area contributed by atoms with E-state index in [2.05, 4.69) is 106 Å². The summed E-state index contributed by atoms with van der Waals surface area (Å²) in [5, 5.41) is 12.8. The molecule has 3 aromatic carbocycles. The molecule has 1 heterocycles. The third kappa shape index (κ3) is 9.37. The SMILES string of the molecule is CCC(C)(CC)C(=O)/C=C(\O)C(C)(CC)CC.Cc1[c-]c(-c2cc(-c3ccccc3)c3cc([Si](C)(C)C)ccc3n2)cc(C)c1.[Ir]. The van der Waals surface area contributed by atoms with Crippen LogP contribution in [0.15, 0.2) is 78.6 Å². The quantitative estimate of drug-likeness (QED) is 0.0751. The van der Waals surface area contributed by atoms with Crippen LogP contribution in [0.4, 0.5) is 0 Å². The number of benzene rings is 3. The van der Waals surface area contributed by atoms with Gasteiger partial charge in [0.1, 0.15) is 5.76 Å². The third-order valence-corrected chi connectivity index (χ3v) is 11.8. The average molecular weight is 813 g/mol. The molecule has 5 heteroatoms. The zero-order valence-corrected chi connectivity index (χ0v) is 33.3. The van der Waals surface area contributed by atoms with E-state index in [1.807, 2.05) is 41.5 Å². The Morgan fingerprint density at radius 1 is 0.848 bits per heavy atom. The van der Waals surface area contributed by atoms with Crippen LogP contribution < -0.4 is 5.19 Å². The predicted octanol–water partition coefficient (Wildman–Crippen LogP) is 11.2. The van der Waals surface area contributed by atoms with Gasteiger partial charge in [-0.25, -0.2) is 0 Å². The third-order valence-electron chi connectivity index (χ3n) is 9.79. The number of aliphatic hydroxyl groups is 1. The predicted molar refractivity (Wildman–Crippen MR) is 197 cm³/mol. The molecule has 0 saturated carbocycles. The summed E-state index contributed by atoms with van der Waals surface area (Å²) in [7, 11) is -1.40. The van der Waals surface area contributed by atoms with E-state index in [0.29, 0.717) is 0 Å². The maximum Gasteiger partial charge on any atom is 0.164 e. The van der Waals surface area contributed by atoms with Crippen LogP contribution in [0.2, 0.25) is 19.6 Å². The number of aryl methyl sites for hydroxylation is 2. The molecule has 3 nitrogen and oxygen atoms in total. The Morgan fingerprint density at radius 2 is 1.43 bits per heavy atom. The first-order valence-corrected chi connectivity index (χ1v) is 20.1. The Labute approximate surface area is 293 Å².